The van der Waals surface area contributed by atoms with Gasteiger partial charge in [0.1, 0.15) is 0 Å². The van der Waals surface area contributed by atoms with Gasteiger partial charge in [-0.1, -0.05) is 6.42 Å². The number of amides is 2. The molecule has 2 fully saturated rings. The van der Waals surface area contributed by atoms with Gasteiger partial charge in [0.2, 0.25) is 11.8 Å². The Morgan fingerprint density at radius 2 is 1.92 bits per heavy atom. The number of hydrogen-bond donors (Lipinski definition) is 1. The van der Waals surface area contributed by atoms with E-state index in [0.29, 0.717) is 12.8 Å². The zero-order chi connectivity index (χ0) is 8.60. The van der Waals surface area contributed by atoms with E-state index < -0.39 is 0 Å². The first-order chi connectivity index (χ1) is 5.70. The summed E-state index contributed by atoms with van der Waals surface area (Å²) in [7, 11) is 0. The van der Waals surface area contributed by atoms with Crippen molar-refractivity contribution in [3.8, 4) is 0 Å². The third kappa shape index (κ3) is 1.24. The highest BCUT2D eigenvalue weighted by Crippen LogP contribution is 2.44. The summed E-state index contributed by atoms with van der Waals surface area (Å²) in [4.78, 5) is 22.2. The summed E-state index contributed by atoms with van der Waals surface area (Å²) in [5.41, 5.74) is -0.0700. The number of piperidine rings is 1. The molecule has 1 aliphatic heterocycles. The van der Waals surface area contributed by atoms with Crippen molar-refractivity contribution < 1.29 is 9.59 Å². The van der Waals surface area contributed by atoms with Crippen LogP contribution in [0.1, 0.15) is 32.1 Å². The molecule has 3 heteroatoms. The van der Waals surface area contributed by atoms with E-state index in [1.165, 1.54) is 0 Å². The molecule has 1 heterocycles. The largest absolute Gasteiger partial charge is 0.296 e. The van der Waals surface area contributed by atoms with Crippen LogP contribution in [0.15, 0.2) is 0 Å². The first-order valence-electron chi connectivity index (χ1n) is 4.37. The molecule has 1 radical (unpaired) electrons. The fraction of sp³-hybridized carbons (Fsp3) is 0.667. The number of imide groups is 1. The Hall–Kier alpha value is -0.860. The van der Waals surface area contributed by atoms with Gasteiger partial charge >= 0.3 is 0 Å². The molecule has 3 nitrogen and oxygen atoms in total. The molecule has 1 saturated carbocycles. The molecule has 12 heavy (non-hydrogen) atoms. The van der Waals surface area contributed by atoms with Crippen molar-refractivity contribution in [3.05, 3.63) is 6.42 Å². The summed E-state index contributed by atoms with van der Waals surface area (Å²) < 4.78 is 0. The molecule has 2 aliphatic rings. The number of hydrogen-bond acceptors (Lipinski definition) is 2. The average molecular weight is 166 g/mol. The van der Waals surface area contributed by atoms with Crippen LogP contribution < -0.4 is 5.32 Å². The highest BCUT2D eigenvalue weighted by Gasteiger charge is 2.41. The van der Waals surface area contributed by atoms with E-state index in [4.69, 9.17) is 0 Å². The van der Waals surface area contributed by atoms with Crippen molar-refractivity contribution in [3.63, 3.8) is 0 Å². The predicted octanol–water partition coefficient (Wildman–Crippen LogP) is 0.798. The van der Waals surface area contributed by atoms with Crippen LogP contribution in [0, 0.1) is 11.8 Å². The molecule has 1 saturated heterocycles. The molecular formula is C9H12NO2. The maximum absolute atomic E-state index is 11.1. The monoisotopic (exact) mass is 166 g/mol. The third-order valence-electron chi connectivity index (χ3n) is 2.76. The van der Waals surface area contributed by atoms with Gasteiger partial charge in [-0.15, -0.1) is 0 Å². The zero-order valence-electron chi connectivity index (χ0n) is 6.93. The van der Waals surface area contributed by atoms with Gasteiger partial charge < -0.3 is 0 Å². The molecule has 0 bridgehead atoms. The molecule has 1 aliphatic carbocycles. The normalized spacial score (nSPS) is 27.7. The van der Waals surface area contributed by atoms with Gasteiger partial charge in [0.05, 0.1) is 0 Å². The van der Waals surface area contributed by atoms with E-state index in [-0.39, 0.29) is 17.2 Å². The molecule has 0 atom stereocenters. The standard InChI is InChI=1S/C9H12NO2/c11-7-5-9(3-1-2-4-9)6-8(12)10-7/h3H,1-2,4-6H2,(H,10,11,12). The average Bonchev–Trinajstić information content (AvgIpc) is 2.33. The first-order valence-corrected chi connectivity index (χ1v) is 4.37. The number of carbonyl (C=O) groups excluding carboxylic acids is 2. The molecule has 1 N–H and O–H groups in total. The molecular weight excluding hydrogens is 154 g/mol. The van der Waals surface area contributed by atoms with Crippen molar-refractivity contribution in [2.75, 3.05) is 0 Å². The molecule has 0 aromatic rings. The van der Waals surface area contributed by atoms with Gasteiger partial charge in [-0.3, -0.25) is 14.9 Å². The Morgan fingerprint density at radius 1 is 1.25 bits per heavy atom. The number of carbonyl (C=O) groups is 2. The summed E-state index contributed by atoms with van der Waals surface area (Å²) in [5.74, 6) is -0.214. The second-order valence-corrected chi connectivity index (χ2v) is 3.78. The van der Waals surface area contributed by atoms with Gasteiger partial charge in [0, 0.05) is 12.8 Å². The Kier molecular flexibility index (Phi) is 1.67. The predicted molar refractivity (Wildman–Crippen MR) is 43.0 cm³/mol. The minimum absolute atomic E-state index is 0.0700. The smallest absolute Gasteiger partial charge is 0.227 e. The lowest BCUT2D eigenvalue weighted by Crippen LogP contribution is -2.43. The van der Waals surface area contributed by atoms with Crippen LogP contribution in [0.5, 0.6) is 0 Å². The fourth-order valence-corrected chi connectivity index (χ4v) is 2.23. The van der Waals surface area contributed by atoms with Gasteiger partial charge in [-0.2, -0.15) is 0 Å². The molecule has 0 unspecified atom stereocenters. The second-order valence-electron chi connectivity index (χ2n) is 3.78. The van der Waals surface area contributed by atoms with Crippen molar-refractivity contribution >= 4 is 11.8 Å². The van der Waals surface area contributed by atoms with E-state index >= 15 is 0 Å². The lowest BCUT2D eigenvalue weighted by atomic mass is 9.77. The van der Waals surface area contributed by atoms with Crippen molar-refractivity contribution in [2.24, 2.45) is 5.41 Å². The SMILES string of the molecule is O=C1CC2([CH]CCC2)CC(=O)N1. The van der Waals surface area contributed by atoms with E-state index in [1.54, 1.807) is 0 Å². The van der Waals surface area contributed by atoms with Crippen LogP contribution >= 0.6 is 0 Å². The quantitative estimate of drug-likeness (QED) is 0.541. The zero-order valence-corrected chi connectivity index (χ0v) is 6.93. The van der Waals surface area contributed by atoms with Crippen molar-refractivity contribution in [1.82, 2.24) is 5.32 Å². The molecule has 65 valence electrons. The van der Waals surface area contributed by atoms with Gasteiger partial charge in [0.25, 0.3) is 0 Å². The fourth-order valence-electron chi connectivity index (χ4n) is 2.23. The van der Waals surface area contributed by atoms with E-state index in [9.17, 15) is 9.59 Å². The Bertz CT molecular complexity index is 211. The number of nitrogens with one attached hydrogen (secondary N) is 1. The summed E-state index contributed by atoms with van der Waals surface area (Å²) in [6.45, 7) is 0. The van der Waals surface area contributed by atoms with Crippen LogP contribution in [0.25, 0.3) is 0 Å². The Labute approximate surface area is 71.5 Å². The molecule has 2 amide bonds. The molecule has 0 aromatic carbocycles. The van der Waals surface area contributed by atoms with E-state index in [2.05, 4.69) is 11.7 Å². The van der Waals surface area contributed by atoms with Crippen LogP contribution in [0.4, 0.5) is 0 Å². The van der Waals surface area contributed by atoms with Gasteiger partial charge in [0.15, 0.2) is 0 Å². The van der Waals surface area contributed by atoms with Crippen LogP contribution in [-0.4, -0.2) is 11.8 Å². The van der Waals surface area contributed by atoms with Crippen molar-refractivity contribution in [1.29, 1.82) is 0 Å². The second kappa shape index (κ2) is 2.57. The lowest BCUT2D eigenvalue weighted by molar-refractivity contribution is -0.136. The van der Waals surface area contributed by atoms with E-state index in [0.717, 1.165) is 19.3 Å². The van der Waals surface area contributed by atoms with Crippen LogP contribution in [0.2, 0.25) is 0 Å². The first kappa shape index (κ1) is 7.77. The van der Waals surface area contributed by atoms with Crippen molar-refractivity contribution in [2.45, 2.75) is 32.1 Å². The lowest BCUT2D eigenvalue weighted by Gasteiger charge is -2.30. The van der Waals surface area contributed by atoms with Crippen LogP contribution in [-0.2, 0) is 9.59 Å². The molecule has 0 aromatic heterocycles. The van der Waals surface area contributed by atoms with Crippen LogP contribution in [0.3, 0.4) is 0 Å². The highest BCUT2D eigenvalue weighted by atomic mass is 16.2. The maximum atomic E-state index is 11.1. The number of rotatable bonds is 0. The minimum Gasteiger partial charge on any atom is -0.296 e. The van der Waals surface area contributed by atoms with Gasteiger partial charge in [-0.25, -0.2) is 0 Å². The van der Waals surface area contributed by atoms with E-state index in [1.807, 2.05) is 0 Å². The maximum Gasteiger partial charge on any atom is 0.227 e. The Morgan fingerprint density at radius 3 is 2.42 bits per heavy atom. The summed E-state index contributed by atoms with van der Waals surface area (Å²) >= 11 is 0. The highest BCUT2D eigenvalue weighted by molar-refractivity contribution is 5.98. The summed E-state index contributed by atoms with van der Waals surface area (Å²) in [6.07, 6.45) is 6.37. The summed E-state index contributed by atoms with van der Waals surface area (Å²) in [6, 6.07) is 0. The summed E-state index contributed by atoms with van der Waals surface area (Å²) in [5, 5.41) is 2.33. The molecule has 1 spiro atoms. The van der Waals surface area contributed by atoms with Gasteiger partial charge in [-0.05, 0) is 24.7 Å². The third-order valence-corrected chi connectivity index (χ3v) is 2.76. The topological polar surface area (TPSA) is 46.2 Å². The minimum atomic E-state index is -0.107. The Balaban J connectivity index is 2.14. The molecule has 2 rings (SSSR count).